The van der Waals surface area contributed by atoms with E-state index in [1.165, 1.54) is 0 Å². The third kappa shape index (κ3) is 5.89. The predicted molar refractivity (Wildman–Crippen MR) is 144 cm³/mol. The molecule has 0 bridgehead atoms. The van der Waals surface area contributed by atoms with Crippen molar-refractivity contribution >= 4 is 40.9 Å². The Hall–Kier alpha value is -2.11. The highest BCUT2D eigenvalue weighted by Gasteiger charge is 2.39. The van der Waals surface area contributed by atoms with E-state index < -0.39 is 0 Å². The maximum Gasteiger partial charge on any atom is 0.225 e. The van der Waals surface area contributed by atoms with Crippen molar-refractivity contribution in [2.24, 2.45) is 15.9 Å². The van der Waals surface area contributed by atoms with E-state index in [0.29, 0.717) is 18.3 Å². The molecule has 3 fully saturated rings. The molecule has 196 valence electrons. The summed E-state index contributed by atoms with van der Waals surface area (Å²) in [7, 11) is 1.71. The van der Waals surface area contributed by atoms with Gasteiger partial charge in [0.05, 0.1) is 34.8 Å². The first-order chi connectivity index (χ1) is 17.2. The molecule has 1 saturated heterocycles. The van der Waals surface area contributed by atoms with Crippen LogP contribution in [0.15, 0.2) is 16.2 Å². The van der Waals surface area contributed by atoms with Gasteiger partial charge in [0.25, 0.3) is 0 Å². The van der Waals surface area contributed by atoms with Crippen LogP contribution in [0.1, 0.15) is 89.1 Å². The van der Waals surface area contributed by atoms with E-state index in [9.17, 15) is 10.1 Å². The third-order valence-corrected chi connectivity index (χ3v) is 8.80. The second-order valence-electron chi connectivity index (χ2n) is 10.8. The summed E-state index contributed by atoms with van der Waals surface area (Å²) in [5.74, 6) is 2.35. The summed E-state index contributed by atoms with van der Waals surface area (Å²) in [6, 6.07) is 2.33. The fraction of sp³-hybridized carbons (Fsp3) is 0.731. The Labute approximate surface area is 224 Å². The van der Waals surface area contributed by atoms with Gasteiger partial charge >= 0.3 is 0 Å². The van der Waals surface area contributed by atoms with E-state index in [1.54, 1.807) is 13.2 Å². The largest absolute Gasteiger partial charge is 0.348 e. The Morgan fingerprint density at radius 3 is 2.69 bits per heavy atom. The highest BCUT2D eigenvalue weighted by atomic mass is 35.5. The quantitative estimate of drug-likeness (QED) is 0.346. The number of imidazole rings is 1. The number of hydrogen-bond donors (Lipinski definition) is 1. The van der Waals surface area contributed by atoms with Crippen LogP contribution in [-0.2, 0) is 4.79 Å². The van der Waals surface area contributed by atoms with Crippen molar-refractivity contribution in [2.75, 3.05) is 20.1 Å². The van der Waals surface area contributed by atoms with Crippen molar-refractivity contribution in [1.82, 2.24) is 19.8 Å². The molecule has 1 aromatic rings. The normalized spacial score (nSPS) is 30.6. The number of aromatic nitrogens is 2. The summed E-state index contributed by atoms with van der Waals surface area (Å²) < 4.78 is 2.00. The molecule has 8 nitrogen and oxygen atoms in total. The van der Waals surface area contributed by atoms with Crippen molar-refractivity contribution < 1.29 is 4.79 Å². The third-order valence-electron chi connectivity index (χ3n) is 7.66. The molecule has 2 aliphatic carbocycles. The molecule has 5 atom stereocenters. The minimum absolute atomic E-state index is 0.0378. The number of halogens is 2. The van der Waals surface area contributed by atoms with Crippen LogP contribution in [0, 0.1) is 17.2 Å². The van der Waals surface area contributed by atoms with Crippen LogP contribution in [0.3, 0.4) is 0 Å². The van der Waals surface area contributed by atoms with Gasteiger partial charge in [-0.3, -0.25) is 14.4 Å². The molecular formula is C26H37Cl2N7O. The van der Waals surface area contributed by atoms with Crippen LogP contribution in [0.4, 0.5) is 0 Å². The molecule has 2 saturated carbocycles. The number of rotatable bonds is 4. The lowest BCUT2D eigenvalue weighted by atomic mass is 9.88. The van der Waals surface area contributed by atoms with Gasteiger partial charge < -0.3 is 10.2 Å². The zero-order chi connectivity index (χ0) is 26.0. The average molecular weight is 535 g/mol. The lowest BCUT2D eigenvalue weighted by Gasteiger charge is -2.41. The van der Waals surface area contributed by atoms with E-state index in [0.717, 1.165) is 63.0 Å². The van der Waals surface area contributed by atoms with Crippen LogP contribution >= 0.6 is 23.2 Å². The summed E-state index contributed by atoms with van der Waals surface area (Å²) in [4.78, 5) is 28.7. The Bertz CT molecular complexity index is 1070. The molecule has 1 amide bonds. The number of alkyl halides is 2. The molecule has 36 heavy (non-hydrogen) atoms. The standard InChI is InChI=1S/C26H37Cl2N7O/c1-16(13-29)22-14-31-23(19-8-9-20(27)21(28)12-19)35(22)17(2)32-25(30-4)33-26(3)10-5-11-34(15-26)24(36)18-6-7-18/h14,16,18-21H,5-12,15H2,1-4H3,(H,30,33)/t16-,19?,20?,21?,26-/m1/s1. The fourth-order valence-corrected chi connectivity index (χ4v) is 6.00. The lowest BCUT2D eigenvalue weighted by molar-refractivity contribution is -0.134. The molecular weight excluding hydrogens is 497 g/mol. The number of nitrogens with one attached hydrogen (secondary N) is 1. The van der Waals surface area contributed by atoms with Crippen LogP contribution in [-0.4, -0.2) is 68.6 Å². The average Bonchev–Trinajstić information content (AvgIpc) is 3.61. The lowest BCUT2D eigenvalue weighted by Crippen LogP contribution is -2.58. The van der Waals surface area contributed by atoms with Crippen molar-refractivity contribution in [3.63, 3.8) is 0 Å². The van der Waals surface area contributed by atoms with Crippen LogP contribution in [0.25, 0.3) is 0 Å². The first-order valence-electron chi connectivity index (χ1n) is 13.0. The number of piperidine rings is 1. The molecule has 1 aliphatic heterocycles. The predicted octanol–water partition coefficient (Wildman–Crippen LogP) is 4.63. The van der Waals surface area contributed by atoms with Gasteiger partial charge in [-0.25, -0.2) is 9.98 Å². The number of guanidine groups is 1. The Kier molecular flexibility index (Phi) is 8.31. The summed E-state index contributed by atoms with van der Waals surface area (Å²) in [5.41, 5.74) is 0.486. The minimum Gasteiger partial charge on any atom is -0.348 e. The number of aliphatic imine (C=N–C) groups is 2. The van der Waals surface area contributed by atoms with Crippen LogP contribution in [0.2, 0.25) is 0 Å². The maximum atomic E-state index is 12.7. The van der Waals surface area contributed by atoms with Crippen molar-refractivity contribution in [3.8, 4) is 6.07 Å². The Morgan fingerprint density at radius 2 is 2.06 bits per heavy atom. The van der Waals surface area contributed by atoms with Gasteiger partial charge in [0.15, 0.2) is 0 Å². The first kappa shape index (κ1) is 26.9. The number of nitrogens with zero attached hydrogens (tertiary/aromatic N) is 6. The molecule has 3 unspecified atom stereocenters. The van der Waals surface area contributed by atoms with E-state index >= 15 is 0 Å². The number of amides is 1. The highest BCUT2D eigenvalue weighted by Crippen LogP contribution is 2.38. The molecule has 1 aromatic heterocycles. The van der Waals surface area contributed by atoms with Gasteiger partial charge in [0.1, 0.15) is 11.7 Å². The van der Waals surface area contributed by atoms with Gasteiger partial charge in [0, 0.05) is 37.4 Å². The topological polar surface area (TPSA) is 98.7 Å². The van der Waals surface area contributed by atoms with E-state index in [-0.39, 0.29) is 40.0 Å². The van der Waals surface area contributed by atoms with Gasteiger partial charge in [-0.15, -0.1) is 23.2 Å². The van der Waals surface area contributed by atoms with Crippen LogP contribution in [0.5, 0.6) is 0 Å². The molecule has 10 heteroatoms. The number of likely N-dealkylation sites (tertiary alicyclic amines) is 1. The number of hydrogen-bond acceptors (Lipinski definition) is 4. The molecule has 4 rings (SSSR count). The monoisotopic (exact) mass is 533 g/mol. The maximum absolute atomic E-state index is 12.7. The minimum atomic E-state index is -0.347. The second-order valence-corrected chi connectivity index (χ2v) is 11.9. The zero-order valence-electron chi connectivity index (χ0n) is 21.7. The van der Waals surface area contributed by atoms with Crippen molar-refractivity contribution in [3.05, 3.63) is 17.7 Å². The fourth-order valence-electron chi connectivity index (χ4n) is 5.43. The van der Waals surface area contributed by atoms with Gasteiger partial charge in [-0.2, -0.15) is 5.26 Å². The number of carbonyl (C=O) groups excluding carboxylic acids is 1. The highest BCUT2D eigenvalue weighted by molar-refractivity contribution is 6.30. The molecule has 2 heterocycles. The molecule has 3 aliphatic rings. The van der Waals surface area contributed by atoms with Gasteiger partial charge in [0.2, 0.25) is 11.9 Å². The smallest absolute Gasteiger partial charge is 0.225 e. The zero-order valence-corrected chi connectivity index (χ0v) is 23.2. The molecule has 0 aromatic carbocycles. The SMILES string of the molecule is CN=C(N=C(C)n1c([C@H](C)C#N)cnc1C1CCC(Cl)C(Cl)C1)N[C@]1(C)CCCN(C(=O)C2CC2)C1. The Balaban J connectivity index is 1.58. The molecule has 0 spiro atoms. The van der Waals surface area contributed by atoms with Gasteiger partial charge in [-0.05, 0) is 65.7 Å². The van der Waals surface area contributed by atoms with Crippen molar-refractivity contribution in [2.45, 2.75) is 93.8 Å². The number of nitriles is 1. The number of carbonyl (C=O) groups is 1. The van der Waals surface area contributed by atoms with Gasteiger partial charge in [-0.1, -0.05) is 0 Å². The summed E-state index contributed by atoms with van der Waals surface area (Å²) in [6.07, 6.45) is 8.12. The molecule has 1 N–H and O–H groups in total. The van der Waals surface area contributed by atoms with E-state index in [4.69, 9.17) is 33.2 Å². The summed E-state index contributed by atoms with van der Waals surface area (Å²) in [6.45, 7) is 7.37. The molecule has 0 radical (unpaired) electrons. The van der Waals surface area contributed by atoms with E-state index in [2.05, 4.69) is 23.3 Å². The van der Waals surface area contributed by atoms with Crippen LogP contribution < -0.4 is 5.32 Å². The van der Waals surface area contributed by atoms with Crippen molar-refractivity contribution in [1.29, 1.82) is 5.26 Å². The summed E-state index contributed by atoms with van der Waals surface area (Å²) >= 11 is 12.9. The summed E-state index contributed by atoms with van der Waals surface area (Å²) in [5, 5.41) is 13.0. The second kappa shape index (κ2) is 11.1. The Morgan fingerprint density at radius 1 is 1.31 bits per heavy atom. The first-order valence-corrected chi connectivity index (χ1v) is 13.9. The van der Waals surface area contributed by atoms with E-state index in [1.807, 2.05) is 23.3 Å².